The highest BCUT2D eigenvalue weighted by Gasteiger charge is 2.26. The lowest BCUT2D eigenvalue weighted by Gasteiger charge is -2.21. The summed E-state index contributed by atoms with van der Waals surface area (Å²) >= 11 is 0. The van der Waals surface area contributed by atoms with E-state index in [4.69, 9.17) is 0 Å². The number of carbonyl (C=O) groups is 1. The molecule has 0 spiro atoms. The second-order valence-corrected chi connectivity index (χ2v) is 7.75. The monoisotopic (exact) mass is 351 g/mol. The molecule has 2 fully saturated rings. The van der Waals surface area contributed by atoms with E-state index in [2.05, 4.69) is 32.8 Å². The fraction of sp³-hybridized carbons (Fsp3) is 0.895. The van der Waals surface area contributed by atoms with Crippen molar-refractivity contribution in [2.45, 2.75) is 58.9 Å². The minimum Gasteiger partial charge on any atom is -0.357 e. The number of amides is 1. The van der Waals surface area contributed by atoms with Crippen molar-refractivity contribution < 1.29 is 4.79 Å². The molecule has 0 aromatic carbocycles. The summed E-state index contributed by atoms with van der Waals surface area (Å²) < 4.78 is 0. The maximum Gasteiger partial charge on any atom is 0.222 e. The second-order valence-electron chi connectivity index (χ2n) is 7.75. The Morgan fingerprint density at radius 2 is 1.96 bits per heavy atom. The Kier molecular flexibility index (Phi) is 8.52. The molecule has 25 heavy (non-hydrogen) atoms. The maximum absolute atomic E-state index is 11.6. The standard InChI is InChI=1S/C19H37N5O/c1-4-20-19(22-11-10-21-18(25)15(2)3)23-17-9-12-24(14-17)13-16-7-5-6-8-16/h15-17H,4-14H2,1-3H3,(H,21,25)(H2,20,22,23). The number of carbonyl (C=O) groups excluding carboxylic acids is 1. The molecule has 3 N–H and O–H groups in total. The molecule has 0 aromatic heterocycles. The van der Waals surface area contributed by atoms with Crippen LogP contribution in [0.15, 0.2) is 4.99 Å². The van der Waals surface area contributed by atoms with Gasteiger partial charge in [-0.3, -0.25) is 9.79 Å². The summed E-state index contributed by atoms with van der Waals surface area (Å²) in [5, 5.41) is 9.79. The van der Waals surface area contributed by atoms with Crippen LogP contribution in [0.2, 0.25) is 0 Å². The van der Waals surface area contributed by atoms with Crippen molar-refractivity contribution in [2.75, 3.05) is 39.3 Å². The molecule has 1 aliphatic heterocycles. The number of nitrogens with one attached hydrogen (secondary N) is 3. The average Bonchev–Trinajstić information content (AvgIpc) is 3.24. The van der Waals surface area contributed by atoms with Crippen molar-refractivity contribution in [1.82, 2.24) is 20.9 Å². The molecule has 1 aliphatic carbocycles. The van der Waals surface area contributed by atoms with E-state index >= 15 is 0 Å². The number of nitrogens with zero attached hydrogens (tertiary/aromatic N) is 2. The predicted octanol–water partition coefficient (Wildman–Crippen LogP) is 1.58. The van der Waals surface area contributed by atoms with E-state index in [1.807, 2.05) is 13.8 Å². The van der Waals surface area contributed by atoms with Crippen molar-refractivity contribution >= 4 is 11.9 Å². The number of guanidine groups is 1. The van der Waals surface area contributed by atoms with Crippen molar-refractivity contribution in [1.29, 1.82) is 0 Å². The van der Waals surface area contributed by atoms with Gasteiger partial charge in [0.25, 0.3) is 0 Å². The van der Waals surface area contributed by atoms with Crippen molar-refractivity contribution in [3.8, 4) is 0 Å². The van der Waals surface area contributed by atoms with Crippen LogP contribution in [0.5, 0.6) is 0 Å². The van der Waals surface area contributed by atoms with Gasteiger partial charge in [-0.05, 0) is 32.1 Å². The molecule has 2 aliphatic rings. The Labute approximate surface area is 153 Å². The molecular weight excluding hydrogens is 314 g/mol. The lowest BCUT2D eigenvalue weighted by atomic mass is 10.1. The average molecular weight is 352 g/mol. The molecule has 1 heterocycles. The second kappa shape index (κ2) is 10.6. The summed E-state index contributed by atoms with van der Waals surface area (Å²) in [6.45, 7) is 11.5. The molecule has 1 atom stereocenters. The van der Waals surface area contributed by atoms with Gasteiger partial charge in [0.15, 0.2) is 5.96 Å². The first kappa shape index (κ1) is 20.0. The summed E-state index contributed by atoms with van der Waals surface area (Å²) in [7, 11) is 0. The molecule has 0 bridgehead atoms. The Morgan fingerprint density at radius 1 is 1.20 bits per heavy atom. The summed E-state index contributed by atoms with van der Waals surface area (Å²) in [6.07, 6.45) is 6.86. The van der Waals surface area contributed by atoms with Crippen LogP contribution in [0.25, 0.3) is 0 Å². The molecule has 6 nitrogen and oxygen atoms in total. The van der Waals surface area contributed by atoms with Crippen molar-refractivity contribution in [3.63, 3.8) is 0 Å². The fourth-order valence-electron chi connectivity index (χ4n) is 3.74. The van der Waals surface area contributed by atoms with Gasteiger partial charge in [0.1, 0.15) is 0 Å². The number of hydrogen-bond acceptors (Lipinski definition) is 3. The third kappa shape index (κ3) is 7.22. The third-order valence-electron chi connectivity index (χ3n) is 5.15. The zero-order valence-electron chi connectivity index (χ0n) is 16.3. The van der Waals surface area contributed by atoms with Crippen LogP contribution in [-0.2, 0) is 4.79 Å². The van der Waals surface area contributed by atoms with E-state index < -0.39 is 0 Å². The van der Waals surface area contributed by atoms with Gasteiger partial charge in [0.05, 0.1) is 6.54 Å². The third-order valence-corrected chi connectivity index (χ3v) is 5.15. The van der Waals surface area contributed by atoms with E-state index in [1.165, 1.54) is 45.2 Å². The summed E-state index contributed by atoms with van der Waals surface area (Å²) in [6, 6.07) is 0.476. The fourth-order valence-corrected chi connectivity index (χ4v) is 3.74. The summed E-state index contributed by atoms with van der Waals surface area (Å²) in [5.74, 6) is 1.91. The van der Waals surface area contributed by atoms with Gasteiger partial charge in [-0.1, -0.05) is 26.7 Å². The molecule has 1 amide bonds. The van der Waals surface area contributed by atoms with E-state index in [9.17, 15) is 4.79 Å². The summed E-state index contributed by atoms with van der Waals surface area (Å²) in [4.78, 5) is 18.8. The topological polar surface area (TPSA) is 68.8 Å². The van der Waals surface area contributed by atoms with Gasteiger partial charge in [0, 0.05) is 44.7 Å². The normalized spacial score (nSPS) is 22.6. The highest BCUT2D eigenvalue weighted by atomic mass is 16.1. The first-order valence-corrected chi connectivity index (χ1v) is 10.1. The van der Waals surface area contributed by atoms with E-state index in [0.717, 1.165) is 25.0 Å². The van der Waals surface area contributed by atoms with Gasteiger partial charge in [0.2, 0.25) is 5.91 Å². The number of aliphatic imine (C=N–C) groups is 1. The quantitative estimate of drug-likeness (QED) is 0.353. The smallest absolute Gasteiger partial charge is 0.222 e. The maximum atomic E-state index is 11.6. The zero-order valence-corrected chi connectivity index (χ0v) is 16.3. The molecule has 0 aromatic rings. The van der Waals surface area contributed by atoms with Gasteiger partial charge in [-0.15, -0.1) is 0 Å². The van der Waals surface area contributed by atoms with Crippen LogP contribution in [0.1, 0.15) is 52.9 Å². The molecule has 144 valence electrons. The van der Waals surface area contributed by atoms with Crippen LogP contribution in [0, 0.1) is 11.8 Å². The van der Waals surface area contributed by atoms with Crippen LogP contribution >= 0.6 is 0 Å². The predicted molar refractivity (Wildman–Crippen MR) is 104 cm³/mol. The SMILES string of the molecule is CCNC(=NCCNC(=O)C(C)C)NC1CCN(CC2CCCC2)C1. The Bertz CT molecular complexity index is 432. The highest BCUT2D eigenvalue weighted by Crippen LogP contribution is 2.26. The van der Waals surface area contributed by atoms with Crippen LogP contribution in [0.3, 0.4) is 0 Å². The van der Waals surface area contributed by atoms with Crippen LogP contribution < -0.4 is 16.0 Å². The minimum absolute atomic E-state index is 0.0275. The molecule has 2 rings (SSSR count). The number of hydrogen-bond donors (Lipinski definition) is 3. The molecule has 1 unspecified atom stereocenters. The lowest BCUT2D eigenvalue weighted by Crippen LogP contribution is -2.45. The van der Waals surface area contributed by atoms with Gasteiger partial charge >= 0.3 is 0 Å². The van der Waals surface area contributed by atoms with E-state index in [0.29, 0.717) is 19.1 Å². The highest BCUT2D eigenvalue weighted by molar-refractivity contribution is 5.80. The first-order chi connectivity index (χ1) is 12.1. The lowest BCUT2D eigenvalue weighted by molar-refractivity contribution is -0.123. The number of likely N-dealkylation sites (tertiary alicyclic amines) is 1. The van der Waals surface area contributed by atoms with Crippen molar-refractivity contribution in [3.05, 3.63) is 0 Å². The molecular formula is C19H37N5O. The van der Waals surface area contributed by atoms with E-state index in [1.54, 1.807) is 0 Å². The number of rotatable bonds is 8. The van der Waals surface area contributed by atoms with Gasteiger partial charge in [-0.2, -0.15) is 0 Å². The van der Waals surface area contributed by atoms with Crippen LogP contribution in [0.4, 0.5) is 0 Å². The Hall–Kier alpha value is -1.30. The first-order valence-electron chi connectivity index (χ1n) is 10.1. The molecule has 1 saturated carbocycles. The van der Waals surface area contributed by atoms with Gasteiger partial charge in [-0.25, -0.2) is 0 Å². The zero-order chi connectivity index (χ0) is 18.1. The summed E-state index contributed by atoms with van der Waals surface area (Å²) in [5.41, 5.74) is 0. The molecule has 0 radical (unpaired) electrons. The molecule has 6 heteroatoms. The van der Waals surface area contributed by atoms with Crippen molar-refractivity contribution in [2.24, 2.45) is 16.8 Å². The van der Waals surface area contributed by atoms with E-state index in [-0.39, 0.29) is 11.8 Å². The Balaban J connectivity index is 1.70. The molecule has 1 saturated heterocycles. The van der Waals surface area contributed by atoms with Crippen LogP contribution in [-0.4, -0.2) is 62.1 Å². The Morgan fingerprint density at radius 3 is 2.64 bits per heavy atom. The largest absolute Gasteiger partial charge is 0.357 e. The van der Waals surface area contributed by atoms with Gasteiger partial charge < -0.3 is 20.9 Å². The minimum atomic E-state index is 0.0275.